The first-order valence-electron chi connectivity index (χ1n) is 9.96. The Balaban J connectivity index is 1.88. The number of hydrogen-bond donors (Lipinski definition) is 1. The Morgan fingerprint density at radius 2 is 1.71 bits per heavy atom. The first-order chi connectivity index (χ1) is 16.7. The fraction of sp³-hybridized carbons (Fsp3) is 0.120. The van der Waals surface area contributed by atoms with E-state index in [2.05, 4.69) is 21.2 Å². The standard InChI is InChI=1S/C25H18BrCl3N2O4/c1-33-23-11-21(24(34-2)10-20(23)29)31-25(32)16(12-30)8-15-9-17(26)4-6-22(15)35-13-14-3-5-18(27)19(28)7-14/h3-11H,13H2,1-2H3,(H,31,32)/b16-8+. The first kappa shape index (κ1) is 26.7. The van der Waals surface area contributed by atoms with Gasteiger partial charge in [0.1, 0.15) is 35.5 Å². The molecule has 3 aromatic carbocycles. The van der Waals surface area contributed by atoms with Crippen LogP contribution >= 0.6 is 50.7 Å². The number of nitrogens with one attached hydrogen (secondary N) is 1. The maximum absolute atomic E-state index is 12.9. The van der Waals surface area contributed by atoms with Gasteiger partial charge >= 0.3 is 0 Å². The predicted octanol–water partition coefficient (Wildman–Crippen LogP) is 7.55. The second kappa shape index (κ2) is 12.2. The van der Waals surface area contributed by atoms with Crippen LogP contribution in [-0.2, 0) is 11.4 Å². The van der Waals surface area contributed by atoms with E-state index < -0.39 is 5.91 Å². The Kier molecular flexibility index (Phi) is 9.30. The molecule has 10 heteroatoms. The van der Waals surface area contributed by atoms with E-state index in [1.807, 2.05) is 6.07 Å². The van der Waals surface area contributed by atoms with Crippen molar-refractivity contribution in [2.45, 2.75) is 6.61 Å². The van der Waals surface area contributed by atoms with Crippen LogP contribution in [0.1, 0.15) is 11.1 Å². The van der Waals surface area contributed by atoms with Crippen molar-refractivity contribution < 1.29 is 19.0 Å². The van der Waals surface area contributed by atoms with Gasteiger partial charge in [-0.25, -0.2) is 0 Å². The molecule has 1 N–H and O–H groups in total. The molecule has 6 nitrogen and oxygen atoms in total. The lowest BCUT2D eigenvalue weighted by Crippen LogP contribution is -2.14. The van der Waals surface area contributed by atoms with Crippen molar-refractivity contribution in [3.63, 3.8) is 0 Å². The van der Waals surface area contributed by atoms with Gasteiger partial charge in [0, 0.05) is 22.2 Å². The number of carbonyl (C=O) groups excluding carboxylic acids is 1. The molecular formula is C25H18BrCl3N2O4. The highest BCUT2D eigenvalue weighted by molar-refractivity contribution is 9.10. The molecule has 0 aliphatic heterocycles. The van der Waals surface area contributed by atoms with Crippen LogP contribution in [0.25, 0.3) is 6.08 Å². The highest BCUT2D eigenvalue weighted by Crippen LogP contribution is 2.36. The monoisotopic (exact) mass is 594 g/mol. The van der Waals surface area contributed by atoms with Crippen LogP contribution in [0.5, 0.6) is 17.2 Å². The Labute approximate surface area is 226 Å². The number of anilines is 1. The molecule has 3 rings (SSSR count). The number of amides is 1. The van der Waals surface area contributed by atoms with Crippen LogP contribution in [0.3, 0.4) is 0 Å². The van der Waals surface area contributed by atoms with Gasteiger partial charge in [-0.2, -0.15) is 5.26 Å². The summed E-state index contributed by atoms with van der Waals surface area (Å²) in [5.41, 5.74) is 1.47. The molecule has 0 aromatic heterocycles. The fourth-order valence-electron chi connectivity index (χ4n) is 3.01. The molecule has 0 radical (unpaired) electrons. The van der Waals surface area contributed by atoms with Gasteiger partial charge in [0.15, 0.2) is 0 Å². The average Bonchev–Trinajstić information content (AvgIpc) is 2.84. The lowest BCUT2D eigenvalue weighted by molar-refractivity contribution is -0.112. The summed E-state index contributed by atoms with van der Waals surface area (Å²) in [5, 5.41) is 13.5. The highest BCUT2D eigenvalue weighted by atomic mass is 79.9. The number of nitrogens with zero attached hydrogens (tertiary/aromatic N) is 1. The summed E-state index contributed by atoms with van der Waals surface area (Å²) in [6.45, 7) is 0.204. The van der Waals surface area contributed by atoms with Gasteiger partial charge in [0.05, 0.1) is 35.0 Å². The summed E-state index contributed by atoms with van der Waals surface area (Å²) >= 11 is 21.6. The molecule has 0 heterocycles. The summed E-state index contributed by atoms with van der Waals surface area (Å²) < 4.78 is 17.2. The van der Waals surface area contributed by atoms with Crippen molar-refractivity contribution in [1.29, 1.82) is 5.26 Å². The van der Waals surface area contributed by atoms with E-state index in [1.54, 1.807) is 36.4 Å². The van der Waals surface area contributed by atoms with Crippen LogP contribution in [-0.4, -0.2) is 20.1 Å². The molecule has 0 aliphatic carbocycles. The van der Waals surface area contributed by atoms with E-state index in [4.69, 9.17) is 49.0 Å². The van der Waals surface area contributed by atoms with Crippen molar-refractivity contribution in [3.05, 3.63) is 84.8 Å². The summed E-state index contributed by atoms with van der Waals surface area (Å²) in [5.74, 6) is 0.473. The number of nitriles is 1. The quantitative estimate of drug-likeness (QED) is 0.215. The summed E-state index contributed by atoms with van der Waals surface area (Å²) in [6, 6.07) is 15.4. The van der Waals surface area contributed by atoms with E-state index in [0.717, 1.165) is 10.0 Å². The zero-order valence-electron chi connectivity index (χ0n) is 18.5. The molecule has 0 spiro atoms. The van der Waals surface area contributed by atoms with Gasteiger partial charge in [-0.3, -0.25) is 4.79 Å². The lowest BCUT2D eigenvalue weighted by Gasteiger charge is -2.13. The molecule has 1 amide bonds. The second-order valence-corrected chi connectivity index (χ2v) is 9.17. The van der Waals surface area contributed by atoms with Crippen molar-refractivity contribution in [1.82, 2.24) is 0 Å². The van der Waals surface area contributed by atoms with E-state index in [-0.39, 0.29) is 12.2 Å². The van der Waals surface area contributed by atoms with Crippen LogP contribution < -0.4 is 19.5 Å². The van der Waals surface area contributed by atoms with Gasteiger partial charge in [0.2, 0.25) is 0 Å². The van der Waals surface area contributed by atoms with Gasteiger partial charge in [-0.05, 0) is 42.0 Å². The first-order valence-corrected chi connectivity index (χ1v) is 11.9. The summed E-state index contributed by atoms with van der Waals surface area (Å²) in [7, 11) is 2.89. The Morgan fingerprint density at radius 1 is 0.971 bits per heavy atom. The van der Waals surface area contributed by atoms with Crippen LogP contribution in [0.2, 0.25) is 15.1 Å². The van der Waals surface area contributed by atoms with E-state index in [0.29, 0.717) is 43.6 Å². The maximum Gasteiger partial charge on any atom is 0.266 e. The third-order valence-electron chi connectivity index (χ3n) is 4.74. The van der Waals surface area contributed by atoms with E-state index >= 15 is 0 Å². The van der Waals surface area contributed by atoms with E-state index in [1.165, 1.54) is 32.4 Å². The van der Waals surface area contributed by atoms with Crippen LogP contribution in [0, 0.1) is 11.3 Å². The molecular weight excluding hydrogens is 579 g/mol. The molecule has 180 valence electrons. The number of ether oxygens (including phenoxy) is 3. The minimum atomic E-state index is -0.648. The smallest absolute Gasteiger partial charge is 0.266 e. The van der Waals surface area contributed by atoms with Gasteiger partial charge < -0.3 is 19.5 Å². The Hall–Kier alpha value is -2.89. The summed E-state index contributed by atoms with van der Waals surface area (Å²) in [6.07, 6.45) is 1.43. The highest BCUT2D eigenvalue weighted by Gasteiger charge is 2.16. The molecule has 0 saturated heterocycles. The van der Waals surface area contributed by atoms with Crippen molar-refractivity contribution in [3.8, 4) is 23.3 Å². The zero-order valence-corrected chi connectivity index (χ0v) is 22.3. The average molecular weight is 597 g/mol. The number of benzene rings is 3. The number of methoxy groups -OCH3 is 2. The lowest BCUT2D eigenvalue weighted by atomic mass is 10.1. The van der Waals surface area contributed by atoms with Gasteiger partial charge in [-0.15, -0.1) is 0 Å². The van der Waals surface area contributed by atoms with Gasteiger partial charge in [0.25, 0.3) is 5.91 Å². The number of halogens is 4. The van der Waals surface area contributed by atoms with Crippen molar-refractivity contribution in [2.24, 2.45) is 0 Å². The molecule has 0 fully saturated rings. The minimum absolute atomic E-state index is 0.154. The Morgan fingerprint density at radius 3 is 2.37 bits per heavy atom. The summed E-state index contributed by atoms with van der Waals surface area (Å²) in [4.78, 5) is 12.9. The molecule has 0 aliphatic rings. The minimum Gasteiger partial charge on any atom is -0.495 e. The van der Waals surface area contributed by atoms with Gasteiger partial charge in [-0.1, -0.05) is 56.8 Å². The number of carbonyl (C=O) groups is 1. The van der Waals surface area contributed by atoms with Crippen molar-refractivity contribution in [2.75, 3.05) is 19.5 Å². The second-order valence-electron chi connectivity index (χ2n) is 7.03. The largest absolute Gasteiger partial charge is 0.495 e. The third-order valence-corrected chi connectivity index (χ3v) is 6.26. The maximum atomic E-state index is 12.9. The molecule has 0 atom stereocenters. The number of rotatable bonds is 8. The normalized spacial score (nSPS) is 10.9. The fourth-order valence-corrected chi connectivity index (χ4v) is 3.94. The molecule has 35 heavy (non-hydrogen) atoms. The number of hydrogen-bond acceptors (Lipinski definition) is 5. The molecule has 3 aromatic rings. The van der Waals surface area contributed by atoms with Crippen LogP contribution in [0.15, 0.2) is 58.6 Å². The topological polar surface area (TPSA) is 80.6 Å². The predicted molar refractivity (Wildman–Crippen MR) is 142 cm³/mol. The molecule has 0 saturated carbocycles. The van der Waals surface area contributed by atoms with Crippen LogP contribution in [0.4, 0.5) is 5.69 Å². The van der Waals surface area contributed by atoms with Crippen molar-refractivity contribution >= 4 is 68.4 Å². The Bertz CT molecular complexity index is 1340. The van der Waals surface area contributed by atoms with E-state index in [9.17, 15) is 10.1 Å². The zero-order chi connectivity index (χ0) is 25.5. The SMILES string of the molecule is COc1cc(NC(=O)/C(C#N)=C/c2cc(Br)ccc2OCc2ccc(Cl)c(Cl)c2)c(OC)cc1Cl. The molecule has 0 unspecified atom stereocenters. The third kappa shape index (κ3) is 6.83. The molecule has 0 bridgehead atoms.